The summed E-state index contributed by atoms with van der Waals surface area (Å²) in [6, 6.07) is 0. The molecule has 36 heavy (non-hydrogen) atoms. The van der Waals surface area contributed by atoms with E-state index in [4.69, 9.17) is 0 Å². The van der Waals surface area contributed by atoms with Gasteiger partial charge in [-0.15, -0.1) is 0 Å². The smallest absolute Gasteiger partial charge is 0.0811 e. The molecule has 0 radical (unpaired) electrons. The predicted molar refractivity (Wildman–Crippen MR) is 149 cm³/mol. The molecule has 4 heteroatoms. The summed E-state index contributed by atoms with van der Waals surface area (Å²) in [7, 11) is 0. The average Bonchev–Trinajstić information content (AvgIpc) is 3.10. The molecule has 3 saturated carbocycles. The molecule has 3 fully saturated rings. The number of rotatable bonds is 10. The van der Waals surface area contributed by atoms with E-state index in [0.29, 0.717) is 36.0 Å². The fourth-order valence-electron chi connectivity index (χ4n) is 7.66. The van der Waals surface area contributed by atoms with Crippen molar-refractivity contribution in [2.45, 2.75) is 141 Å². The van der Waals surface area contributed by atoms with Crippen LogP contribution in [0.2, 0.25) is 0 Å². The van der Waals surface area contributed by atoms with Crippen molar-refractivity contribution in [1.82, 2.24) is 0 Å². The normalized spacial score (nSPS) is 34.1. The van der Waals surface area contributed by atoms with Crippen LogP contribution in [-0.2, 0) is 0 Å². The van der Waals surface area contributed by atoms with Crippen LogP contribution >= 0.6 is 0 Å². The molecule has 0 bridgehead atoms. The quantitative estimate of drug-likeness (QED) is 0.270. The maximum absolute atomic E-state index is 10.3. The summed E-state index contributed by atoms with van der Waals surface area (Å²) in [4.78, 5) is 0. The number of fused-ring (bicyclic) bond motifs is 1. The van der Waals surface area contributed by atoms with E-state index in [2.05, 4.69) is 25.7 Å². The van der Waals surface area contributed by atoms with Gasteiger partial charge in [0.1, 0.15) is 0 Å². The second kappa shape index (κ2) is 11.8. The average molecular weight is 503 g/mol. The third kappa shape index (κ3) is 7.79. The van der Waals surface area contributed by atoms with Gasteiger partial charge in [0.15, 0.2) is 0 Å². The topological polar surface area (TPSA) is 80.9 Å². The summed E-state index contributed by atoms with van der Waals surface area (Å²) in [5.74, 6) is 1.90. The lowest BCUT2D eigenvalue weighted by molar-refractivity contribution is 0.0480. The fourth-order valence-corrected chi connectivity index (χ4v) is 7.66. The minimum atomic E-state index is -0.639. The largest absolute Gasteiger partial charge is 0.393 e. The van der Waals surface area contributed by atoms with Crippen molar-refractivity contribution < 1.29 is 20.4 Å². The molecule has 0 aliphatic heterocycles. The molecule has 5 atom stereocenters. The van der Waals surface area contributed by atoms with E-state index in [-0.39, 0.29) is 0 Å². The van der Waals surface area contributed by atoms with Crippen LogP contribution < -0.4 is 0 Å². The Bertz CT molecular complexity index is 791. The second-order valence-corrected chi connectivity index (χ2v) is 13.8. The molecule has 0 spiro atoms. The molecular weight excluding hydrogens is 448 g/mol. The van der Waals surface area contributed by atoms with Gasteiger partial charge in [0, 0.05) is 6.42 Å². The molecular formula is C32H54O4. The van der Waals surface area contributed by atoms with Crippen molar-refractivity contribution >= 4 is 0 Å². The molecule has 0 saturated heterocycles. The maximum atomic E-state index is 10.3. The van der Waals surface area contributed by atoms with E-state index in [0.717, 1.165) is 56.1 Å². The van der Waals surface area contributed by atoms with Gasteiger partial charge in [0.2, 0.25) is 0 Å². The Labute approximate surface area is 220 Å². The summed E-state index contributed by atoms with van der Waals surface area (Å²) in [6.45, 7) is 14.3. The van der Waals surface area contributed by atoms with E-state index in [1.165, 1.54) is 31.3 Å². The standard InChI is InChI=1S/C32H54O4/c1-22-25(20-26(33)21-29(22)34)14-13-24-12-9-19-32(6)27(15-16-28(24)32)23(10-7-17-30(2,3)35)11-8-18-31(4,5)36/h13-14,23,26-29,33-36H,1,7-12,15-21H2,2-6H3/b24-13+,25-14-/t26?,27-,28?,29+,32-/m1/s1. The van der Waals surface area contributed by atoms with Gasteiger partial charge >= 0.3 is 0 Å². The van der Waals surface area contributed by atoms with Crippen LogP contribution in [0.5, 0.6) is 0 Å². The lowest BCUT2D eigenvalue weighted by atomic mass is 9.60. The number of aliphatic hydroxyl groups is 4. The molecule has 4 N–H and O–H groups in total. The second-order valence-electron chi connectivity index (χ2n) is 13.8. The van der Waals surface area contributed by atoms with Crippen LogP contribution in [0.4, 0.5) is 0 Å². The van der Waals surface area contributed by atoms with Crippen molar-refractivity contribution in [3.05, 3.63) is 35.5 Å². The summed E-state index contributed by atoms with van der Waals surface area (Å²) >= 11 is 0. The van der Waals surface area contributed by atoms with Crippen LogP contribution in [0.1, 0.15) is 118 Å². The zero-order valence-electron chi connectivity index (χ0n) is 23.7. The van der Waals surface area contributed by atoms with E-state index in [1.807, 2.05) is 27.7 Å². The van der Waals surface area contributed by atoms with Gasteiger partial charge in [0.05, 0.1) is 23.4 Å². The lowest BCUT2D eigenvalue weighted by Crippen LogP contribution is -2.37. The van der Waals surface area contributed by atoms with Gasteiger partial charge in [-0.1, -0.05) is 56.9 Å². The highest BCUT2D eigenvalue weighted by atomic mass is 16.3. The van der Waals surface area contributed by atoms with Crippen molar-refractivity contribution in [1.29, 1.82) is 0 Å². The Kier molecular flexibility index (Phi) is 9.74. The SMILES string of the molecule is C=C1/C(=C\C=C2/CCC[C@@]3(C)C2CC[C@@H]3C(CCCC(C)(C)O)CCCC(C)(C)O)CC(O)C[C@@H]1O. The van der Waals surface area contributed by atoms with Crippen molar-refractivity contribution in [2.24, 2.45) is 23.2 Å². The van der Waals surface area contributed by atoms with Crippen molar-refractivity contribution in [2.75, 3.05) is 0 Å². The molecule has 206 valence electrons. The van der Waals surface area contributed by atoms with Crippen molar-refractivity contribution in [3.8, 4) is 0 Å². The number of aliphatic hydroxyl groups excluding tert-OH is 2. The van der Waals surface area contributed by atoms with Gasteiger partial charge in [-0.3, -0.25) is 0 Å². The summed E-state index contributed by atoms with van der Waals surface area (Å²) in [5, 5.41) is 40.9. The lowest BCUT2D eigenvalue weighted by Gasteiger charge is -2.45. The van der Waals surface area contributed by atoms with E-state index in [1.54, 1.807) is 0 Å². The first-order chi connectivity index (χ1) is 16.7. The van der Waals surface area contributed by atoms with Gasteiger partial charge in [0.25, 0.3) is 0 Å². The Hall–Kier alpha value is -0.940. The minimum absolute atomic E-state index is 0.291. The van der Waals surface area contributed by atoms with Crippen LogP contribution in [-0.4, -0.2) is 43.8 Å². The molecule has 2 unspecified atom stereocenters. The molecule has 3 aliphatic carbocycles. The monoisotopic (exact) mass is 502 g/mol. The first kappa shape index (κ1) is 29.6. The summed E-state index contributed by atoms with van der Waals surface area (Å²) < 4.78 is 0. The number of hydrogen-bond donors (Lipinski definition) is 4. The highest BCUT2D eigenvalue weighted by Gasteiger charge is 2.51. The molecule has 0 heterocycles. The van der Waals surface area contributed by atoms with Gasteiger partial charge in [-0.2, -0.15) is 0 Å². The fraction of sp³-hybridized carbons (Fsp3) is 0.812. The molecule has 0 aromatic heterocycles. The van der Waals surface area contributed by atoms with Gasteiger partial charge in [-0.25, -0.2) is 0 Å². The molecule has 0 aromatic rings. The van der Waals surface area contributed by atoms with Crippen LogP contribution in [0.3, 0.4) is 0 Å². The zero-order valence-corrected chi connectivity index (χ0v) is 23.7. The summed E-state index contributed by atoms with van der Waals surface area (Å²) in [5.41, 5.74) is 2.36. The first-order valence-corrected chi connectivity index (χ1v) is 14.6. The molecule has 0 amide bonds. The molecule has 4 nitrogen and oxygen atoms in total. The predicted octanol–water partition coefficient (Wildman–Crippen LogP) is 6.63. The third-order valence-corrected chi connectivity index (χ3v) is 9.60. The van der Waals surface area contributed by atoms with Gasteiger partial charge < -0.3 is 20.4 Å². The molecule has 3 rings (SSSR count). The maximum Gasteiger partial charge on any atom is 0.0811 e. The Balaban J connectivity index is 1.77. The van der Waals surface area contributed by atoms with E-state index >= 15 is 0 Å². The Morgan fingerprint density at radius 2 is 1.61 bits per heavy atom. The van der Waals surface area contributed by atoms with Crippen LogP contribution in [0.15, 0.2) is 35.5 Å². The Morgan fingerprint density at radius 3 is 2.19 bits per heavy atom. The number of hydrogen-bond acceptors (Lipinski definition) is 4. The first-order valence-electron chi connectivity index (χ1n) is 14.6. The highest BCUT2D eigenvalue weighted by molar-refractivity contribution is 5.38. The van der Waals surface area contributed by atoms with Crippen LogP contribution in [0, 0.1) is 23.2 Å². The Morgan fingerprint density at radius 1 is 1.00 bits per heavy atom. The number of allylic oxidation sites excluding steroid dienone is 3. The van der Waals surface area contributed by atoms with Crippen LogP contribution in [0.25, 0.3) is 0 Å². The highest BCUT2D eigenvalue weighted by Crippen LogP contribution is 2.60. The van der Waals surface area contributed by atoms with E-state index in [9.17, 15) is 20.4 Å². The van der Waals surface area contributed by atoms with Crippen molar-refractivity contribution in [3.63, 3.8) is 0 Å². The third-order valence-electron chi connectivity index (χ3n) is 9.60. The van der Waals surface area contributed by atoms with Gasteiger partial charge in [-0.05, 0) is 113 Å². The van der Waals surface area contributed by atoms with E-state index < -0.39 is 23.4 Å². The molecule has 3 aliphatic rings. The zero-order chi connectivity index (χ0) is 26.7. The summed E-state index contributed by atoms with van der Waals surface area (Å²) in [6.07, 6.45) is 16.5. The molecule has 0 aromatic carbocycles. The minimum Gasteiger partial charge on any atom is -0.393 e.